The predicted octanol–water partition coefficient (Wildman–Crippen LogP) is 2.92. The van der Waals surface area contributed by atoms with Crippen LogP contribution in [0.4, 0.5) is 11.6 Å². The van der Waals surface area contributed by atoms with Crippen LogP contribution in [0.5, 0.6) is 0 Å². The smallest absolute Gasteiger partial charge is 0.247 e. The fourth-order valence-corrected chi connectivity index (χ4v) is 4.50. The van der Waals surface area contributed by atoms with Crippen molar-refractivity contribution in [2.75, 3.05) is 11.6 Å². The van der Waals surface area contributed by atoms with Gasteiger partial charge in [0, 0.05) is 23.7 Å². The Hall–Kier alpha value is -1.95. The predicted molar refractivity (Wildman–Crippen MR) is 102 cm³/mol. The number of nitrogens with two attached hydrogens (primary N) is 1. The number of nitrogens with one attached hydrogen (secondary N) is 2. The summed E-state index contributed by atoms with van der Waals surface area (Å²) in [5.41, 5.74) is 1.13. The molecule has 0 atom stereocenters. The quantitative estimate of drug-likeness (QED) is 0.423. The fraction of sp³-hybridized carbons (Fsp3) is 0.267. The summed E-state index contributed by atoms with van der Waals surface area (Å²) in [5, 5.41) is 16.4. The largest absolute Gasteiger partial charge is 0.323 e. The van der Waals surface area contributed by atoms with Gasteiger partial charge in [-0.2, -0.15) is 5.10 Å². The zero-order valence-corrected chi connectivity index (χ0v) is 16.2. The molecule has 3 aromatic heterocycles. The van der Waals surface area contributed by atoms with Gasteiger partial charge < -0.3 is 5.32 Å². The normalized spacial score (nSPS) is 14.5. The Morgan fingerprint density at radius 3 is 2.73 bits per heavy atom. The van der Waals surface area contributed by atoms with E-state index in [-0.39, 0.29) is 4.21 Å². The molecule has 3 aromatic rings. The zero-order valence-electron chi connectivity index (χ0n) is 13.8. The number of aromatic amines is 1. The van der Waals surface area contributed by atoms with E-state index in [4.69, 9.17) is 5.14 Å². The average Bonchev–Trinajstić information content (AvgIpc) is 3.13. The van der Waals surface area contributed by atoms with Crippen molar-refractivity contribution >= 4 is 44.8 Å². The van der Waals surface area contributed by atoms with E-state index in [0.29, 0.717) is 28.3 Å². The standard InChI is InChI=1S/C15H16N6O2S3/c1-24-13-7-11(17-12-6-9(20-21-12)8-2-3-8)18-15(19-13)10-4-5-14(25-10)26(16,22)23/h4-8H,2-3H2,1H3,(H2,16,22,23)(H2,17,18,19,20,21). The lowest BCUT2D eigenvalue weighted by atomic mass is 10.3. The Morgan fingerprint density at radius 2 is 2.08 bits per heavy atom. The molecule has 0 aromatic carbocycles. The maximum Gasteiger partial charge on any atom is 0.247 e. The summed E-state index contributed by atoms with van der Waals surface area (Å²) >= 11 is 2.52. The van der Waals surface area contributed by atoms with Crippen molar-refractivity contribution in [3.63, 3.8) is 0 Å². The second kappa shape index (κ2) is 6.65. The lowest BCUT2D eigenvalue weighted by Gasteiger charge is -2.06. The van der Waals surface area contributed by atoms with E-state index in [9.17, 15) is 8.42 Å². The Labute approximate surface area is 158 Å². The lowest BCUT2D eigenvalue weighted by molar-refractivity contribution is 0.600. The van der Waals surface area contributed by atoms with Gasteiger partial charge in [0.15, 0.2) is 11.6 Å². The molecular formula is C15H16N6O2S3. The van der Waals surface area contributed by atoms with Crippen LogP contribution in [-0.4, -0.2) is 34.8 Å². The van der Waals surface area contributed by atoms with Crippen LogP contribution in [-0.2, 0) is 10.0 Å². The minimum atomic E-state index is -3.74. The SMILES string of the molecule is CSc1cc(Nc2cc(C3CC3)[nH]n2)nc(-c2ccc(S(N)(=O)=O)s2)n1. The number of primary sulfonamides is 1. The number of nitrogens with zero attached hydrogens (tertiary/aromatic N) is 3. The summed E-state index contributed by atoms with van der Waals surface area (Å²) in [4.78, 5) is 9.59. The summed E-state index contributed by atoms with van der Waals surface area (Å²) in [6.45, 7) is 0. The van der Waals surface area contributed by atoms with E-state index < -0.39 is 10.0 Å². The number of rotatable bonds is 6. The third-order valence-corrected chi connectivity index (χ3v) is 7.01. The molecule has 0 spiro atoms. The van der Waals surface area contributed by atoms with Gasteiger partial charge in [0.05, 0.1) is 4.88 Å². The molecule has 0 unspecified atom stereocenters. The molecule has 0 amide bonds. The van der Waals surface area contributed by atoms with E-state index in [1.165, 1.54) is 30.7 Å². The van der Waals surface area contributed by atoms with Crippen molar-refractivity contribution in [3.8, 4) is 10.7 Å². The number of anilines is 2. The van der Waals surface area contributed by atoms with Crippen molar-refractivity contribution in [2.24, 2.45) is 5.14 Å². The number of hydrogen-bond acceptors (Lipinski definition) is 8. The van der Waals surface area contributed by atoms with Gasteiger partial charge in [0.25, 0.3) is 0 Å². The molecule has 0 aliphatic heterocycles. The van der Waals surface area contributed by atoms with Crippen molar-refractivity contribution in [1.82, 2.24) is 20.2 Å². The lowest BCUT2D eigenvalue weighted by Crippen LogP contribution is -2.09. The van der Waals surface area contributed by atoms with Crippen LogP contribution in [0.25, 0.3) is 10.7 Å². The highest BCUT2D eigenvalue weighted by atomic mass is 32.2. The van der Waals surface area contributed by atoms with Gasteiger partial charge in [-0.25, -0.2) is 23.5 Å². The van der Waals surface area contributed by atoms with Crippen LogP contribution in [0, 0.1) is 0 Å². The third-order valence-electron chi connectivity index (χ3n) is 3.86. The minimum absolute atomic E-state index is 0.0848. The van der Waals surface area contributed by atoms with Crippen molar-refractivity contribution in [3.05, 3.63) is 30.0 Å². The number of thioether (sulfide) groups is 1. The first-order valence-corrected chi connectivity index (χ1v) is 11.4. The topological polar surface area (TPSA) is 127 Å². The molecule has 136 valence electrons. The second-order valence-electron chi connectivity index (χ2n) is 5.89. The molecule has 1 fully saturated rings. The molecule has 11 heteroatoms. The number of hydrogen-bond donors (Lipinski definition) is 3. The maximum atomic E-state index is 11.5. The summed E-state index contributed by atoms with van der Waals surface area (Å²) in [6, 6.07) is 6.94. The van der Waals surface area contributed by atoms with Crippen LogP contribution in [0.2, 0.25) is 0 Å². The molecule has 1 saturated carbocycles. The maximum absolute atomic E-state index is 11.5. The number of aromatic nitrogens is 4. The molecule has 0 saturated heterocycles. The number of sulfonamides is 1. The number of H-pyrrole nitrogens is 1. The van der Waals surface area contributed by atoms with Crippen LogP contribution in [0.15, 0.2) is 33.5 Å². The zero-order chi connectivity index (χ0) is 18.3. The summed E-state index contributed by atoms with van der Waals surface area (Å²) in [7, 11) is -3.74. The molecule has 4 rings (SSSR count). The Morgan fingerprint density at radius 1 is 1.27 bits per heavy atom. The van der Waals surface area contributed by atoms with Crippen LogP contribution >= 0.6 is 23.1 Å². The van der Waals surface area contributed by atoms with Gasteiger partial charge in [-0.15, -0.1) is 23.1 Å². The third kappa shape index (κ3) is 3.75. The van der Waals surface area contributed by atoms with E-state index in [1.54, 1.807) is 6.07 Å². The van der Waals surface area contributed by atoms with Gasteiger partial charge in [0.1, 0.15) is 15.1 Å². The van der Waals surface area contributed by atoms with Gasteiger partial charge in [0.2, 0.25) is 10.0 Å². The average molecular weight is 409 g/mol. The van der Waals surface area contributed by atoms with E-state index in [2.05, 4.69) is 25.5 Å². The highest BCUT2D eigenvalue weighted by Gasteiger charge is 2.25. The summed E-state index contributed by atoms with van der Waals surface area (Å²) in [6.07, 6.45) is 4.31. The van der Waals surface area contributed by atoms with Gasteiger partial charge in [-0.1, -0.05) is 0 Å². The first-order chi connectivity index (χ1) is 12.4. The van der Waals surface area contributed by atoms with Crippen LogP contribution in [0.3, 0.4) is 0 Å². The monoisotopic (exact) mass is 408 g/mol. The highest BCUT2D eigenvalue weighted by Crippen LogP contribution is 2.39. The first-order valence-electron chi connectivity index (χ1n) is 7.81. The van der Waals surface area contributed by atoms with Crippen molar-refractivity contribution in [2.45, 2.75) is 28.0 Å². The fourth-order valence-electron chi connectivity index (χ4n) is 2.43. The summed E-state index contributed by atoms with van der Waals surface area (Å²) < 4.78 is 23.1. The van der Waals surface area contributed by atoms with Crippen LogP contribution < -0.4 is 10.5 Å². The minimum Gasteiger partial charge on any atom is -0.323 e. The molecule has 8 nitrogen and oxygen atoms in total. The molecule has 26 heavy (non-hydrogen) atoms. The molecule has 3 heterocycles. The second-order valence-corrected chi connectivity index (χ2v) is 9.59. The van der Waals surface area contributed by atoms with Crippen molar-refractivity contribution < 1.29 is 8.42 Å². The molecular weight excluding hydrogens is 392 g/mol. The first kappa shape index (κ1) is 17.5. The summed E-state index contributed by atoms with van der Waals surface area (Å²) in [5.74, 6) is 2.32. The van der Waals surface area contributed by atoms with Gasteiger partial charge in [-0.3, -0.25) is 5.10 Å². The number of thiophene rings is 1. The molecule has 1 aliphatic carbocycles. The van der Waals surface area contributed by atoms with Gasteiger partial charge in [-0.05, 0) is 31.2 Å². The van der Waals surface area contributed by atoms with E-state index >= 15 is 0 Å². The Bertz CT molecular complexity index is 1060. The molecule has 0 radical (unpaired) electrons. The molecule has 0 bridgehead atoms. The van der Waals surface area contributed by atoms with E-state index in [1.807, 2.05) is 18.4 Å². The molecule has 4 N–H and O–H groups in total. The Kier molecular flexibility index (Phi) is 4.47. The highest BCUT2D eigenvalue weighted by molar-refractivity contribution is 7.98. The van der Waals surface area contributed by atoms with Gasteiger partial charge >= 0.3 is 0 Å². The molecule has 1 aliphatic rings. The Balaban J connectivity index is 1.65. The van der Waals surface area contributed by atoms with E-state index in [0.717, 1.165) is 22.1 Å². The van der Waals surface area contributed by atoms with Crippen LogP contribution in [0.1, 0.15) is 24.5 Å². The van der Waals surface area contributed by atoms with Crippen molar-refractivity contribution in [1.29, 1.82) is 0 Å².